The van der Waals surface area contributed by atoms with Gasteiger partial charge in [0.05, 0.1) is 48.0 Å². The Balaban J connectivity index is 1.74. The number of amides is 1. The molecule has 0 bridgehead atoms. The fraction of sp³-hybridized carbons (Fsp3) is 0.111. The second-order valence-corrected chi connectivity index (χ2v) is 8.42. The molecule has 1 saturated heterocycles. The largest absolute Gasteiger partial charge is 0.508 e. The molecular formula is C27H21N3O8. The second kappa shape index (κ2) is 9.28. The number of nitrogens with one attached hydrogen (secondary N) is 1. The normalized spacial score (nSPS) is 16.7. The summed E-state index contributed by atoms with van der Waals surface area (Å²) in [6.45, 7) is 0. The van der Waals surface area contributed by atoms with Crippen LogP contribution in [0.3, 0.4) is 0 Å². The number of aromatic amines is 1. The van der Waals surface area contributed by atoms with Gasteiger partial charge in [0.2, 0.25) is 5.95 Å². The first-order chi connectivity index (χ1) is 18.2. The van der Waals surface area contributed by atoms with E-state index < -0.39 is 29.5 Å². The van der Waals surface area contributed by atoms with Gasteiger partial charge in [-0.1, -0.05) is 12.1 Å². The molecule has 1 aliphatic heterocycles. The number of carbonyl (C=O) groups is 3. The van der Waals surface area contributed by atoms with Crippen molar-refractivity contribution < 1.29 is 39.2 Å². The van der Waals surface area contributed by atoms with Gasteiger partial charge in [-0.15, -0.1) is 0 Å². The molecule has 1 fully saturated rings. The number of fused-ring (bicyclic) bond motifs is 1. The molecule has 4 N–H and O–H groups in total. The number of imidazole rings is 1. The van der Waals surface area contributed by atoms with Gasteiger partial charge in [-0.25, -0.2) is 9.78 Å². The molecule has 0 saturated carbocycles. The van der Waals surface area contributed by atoms with Crippen LogP contribution in [0.2, 0.25) is 0 Å². The first kappa shape index (κ1) is 24.4. The monoisotopic (exact) mass is 515 g/mol. The maximum atomic E-state index is 13.4. The average molecular weight is 515 g/mol. The number of methoxy groups -OCH3 is 2. The highest BCUT2D eigenvalue weighted by Crippen LogP contribution is 2.43. The van der Waals surface area contributed by atoms with Crippen molar-refractivity contribution in [2.45, 2.75) is 6.04 Å². The Morgan fingerprint density at radius 1 is 0.974 bits per heavy atom. The summed E-state index contributed by atoms with van der Waals surface area (Å²) in [5, 5.41) is 30.6. The number of ether oxygens (including phenoxy) is 2. The van der Waals surface area contributed by atoms with Crippen LogP contribution in [-0.4, -0.2) is 57.2 Å². The van der Waals surface area contributed by atoms with Crippen LogP contribution in [0.4, 0.5) is 5.95 Å². The molecule has 1 atom stereocenters. The summed E-state index contributed by atoms with van der Waals surface area (Å²) < 4.78 is 10.6. The van der Waals surface area contributed by atoms with E-state index in [-0.39, 0.29) is 34.1 Å². The molecule has 192 valence electrons. The van der Waals surface area contributed by atoms with Crippen LogP contribution >= 0.6 is 0 Å². The van der Waals surface area contributed by atoms with Crippen molar-refractivity contribution >= 4 is 40.4 Å². The number of benzene rings is 3. The van der Waals surface area contributed by atoms with Gasteiger partial charge in [0.25, 0.3) is 5.78 Å². The molecule has 2 heterocycles. The number of aliphatic hydroxyl groups is 1. The zero-order valence-corrected chi connectivity index (χ0v) is 20.1. The number of Topliss-reactive ketones (excluding diaryl/α,β-unsaturated/α-hetero) is 1. The first-order valence-electron chi connectivity index (χ1n) is 11.3. The molecular weight excluding hydrogens is 494 g/mol. The Morgan fingerprint density at radius 2 is 1.71 bits per heavy atom. The Bertz CT molecular complexity index is 1640. The number of phenols is 1. The zero-order chi connectivity index (χ0) is 27.1. The Hall–Kier alpha value is -5.32. The van der Waals surface area contributed by atoms with Crippen molar-refractivity contribution in [3.05, 3.63) is 82.9 Å². The Morgan fingerprint density at radius 3 is 2.37 bits per heavy atom. The number of aromatic hydroxyl groups is 1. The van der Waals surface area contributed by atoms with E-state index in [9.17, 15) is 29.7 Å². The zero-order valence-electron chi connectivity index (χ0n) is 20.1. The maximum absolute atomic E-state index is 13.4. The van der Waals surface area contributed by atoms with Gasteiger partial charge in [-0.2, -0.15) is 0 Å². The first-order valence-corrected chi connectivity index (χ1v) is 11.3. The van der Waals surface area contributed by atoms with Crippen molar-refractivity contribution in [3.63, 3.8) is 0 Å². The number of aromatic carboxylic acids is 1. The van der Waals surface area contributed by atoms with E-state index in [1.54, 1.807) is 12.1 Å². The minimum absolute atomic E-state index is 0.00922. The highest BCUT2D eigenvalue weighted by atomic mass is 16.5. The third-order valence-corrected chi connectivity index (χ3v) is 6.26. The number of nitrogens with zero attached hydrogens (tertiary/aromatic N) is 2. The third-order valence-electron chi connectivity index (χ3n) is 6.26. The number of H-pyrrole nitrogens is 1. The van der Waals surface area contributed by atoms with Gasteiger partial charge in [-0.05, 0) is 54.1 Å². The molecule has 1 aromatic heterocycles. The van der Waals surface area contributed by atoms with Gasteiger partial charge in [0.15, 0.2) is 0 Å². The lowest BCUT2D eigenvalue weighted by atomic mass is 9.95. The fourth-order valence-electron chi connectivity index (χ4n) is 4.41. The van der Waals surface area contributed by atoms with Crippen LogP contribution < -0.4 is 14.4 Å². The molecule has 3 aromatic carbocycles. The van der Waals surface area contributed by atoms with Crippen molar-refractivity contribution in [1.82, 2.24) is 9.97 Å². The van der Waals surface area contributed by atoms with Crippen molar-refractivity contribution in [2.24, 2.45) is 0 Å². The SMILES string of the molecule is COc1ccc(OC)c(/C(O)=C2\C(=O)C(=O)N(c3nc4ccc(C(=O)O)cc4[nH]3)C2c2ccc(O)cc2)c1. The van der Waals surface area contributed by atoms with E-state index in [0.29, 0.717) is 22.3 Å². The Kier molecular flexibility index (Phi) is 5.95. The molecule has 1 aliphatic rings. The molecule has 0 spiro atoms. The molecule has 1 unspecified atom stereocenters. The van der Waals surface area contributed by atoms with Crippen molar-refractivity contribution in [3.8, 4) is 17.2 Å². The van der Waals surface area contributed by atoms with Crippen molar-refractivity contribution in [2.75, 3.05) is 19.1 Å². The van der Waals surface area contributed by atoms with E-state index in [4.69, 9.17) is 9.47 Å². The summed E-state index contributed by atoms with van der Waals surface area (Å²) in [7, 11) is 2.84. The molecule has 1 amide bonds. The molecule has 0 radical (unpaired) electrons. The minimum atomic E-state index is -1.15. The summed E-state index contributed by atoms with van der Waals surface area (Å²) in [5.74, 6) is -3.02. The average Bonchev–Trinajstić information content (AvgIpc) is 3.45. The molecule has 11 nitrogen and oxygen atoms in total. The number of carboxylic acids is 1. The number of phenolic OH excluding ortho intramolecular Hbond substituents is 1. The lowest BCUT2D eigenvalue weighted by Crippen LogP contribution is -2.30. The molecule has 4 aromatic rings. The highest BCUT2D eigenvalue weighted by molar-refractivity contribution is 6.51. The molecule has 38 heavy (non-hydrogen) atoms. The number of aliphatic hydroxyl groups excluding tert-OH is 1. The summed E-state index contributed by atoms with van der Waals surface area (Å²) in [6.07, 6.45) is 0. The van der Waals surface area contributed by atoms with Crippen LogP contribution in [0.1, 0.15) is 27.5 Å². The number of hydrogen-bond acceptors (Lipinski definition) is 8. The van der Waals surface area contributed by atoms with Crippen LogP contribution in [-0.2, 0) is 9.59 Å². The standard InChI is InChI=1S/C27H21N3O8/c1-37-16-8-10-20(38-2)17(12-16)23(32)21-22(13-3-6-15(31)7-4-13)30(25(34)24(21)33)27-28-18-9-5-14(26(35)36)11-19(18)29-27/h3-12,22,31-32H,1-2H3,(H,28,29)(H,35,36)/b23-21+. The van der Waals surface area contributed by atoms with Crippen LogP contribution in [0.5, 0.6) is 17.2 Å². The van der Waals surface area contributed by atoms with E-state index in [1.165, 1.54) is 62.8 Å². The number of carbonyl (C=O) groups excluding carboxylic acids is 2. The van der Waals surface area contributed by atoms with E-state index in [2.05, 4.69) is 9.97 Å². The van der Waals surface area contributed by atoms with E-state index in [0.717, 1.165) is 4.90 Å². The van der Waals surface area contributed by atoms with E-state index >= 15 is 0 Å². The highest BCUT2D eigenvalue weighted by Gasteiger charge is 2.48. The molecule has 5 rings (SSSR count). The predicted octanol–water partition coefficient (Wildman–Crippen LogP) is 3.61. The number of anilines is 1. The number of ketones is 1. The molecule has 0 aliphatic carbocycles. The summed E-state index contributed by atoms with van der Waals surface area (Å²) in [5.41, 5.74) is 1.00. The van der Waals surface area contributed by atoms with Crippen LogP contribution in [0.25, 0.3) is 16.8 Å². The number of carboxylic acid groups (broad SMARTS) is 1. The smallest absolute Gasteiger partial charge is 0.335 e. The summed E-state index contributed by atoms with van der Waals surface area (Å²) >= 11 is 0. The van der Waals surface area contributed by atoms with Crippen LogP contribution in [0.15, 0.2) is 66.2 Å². The fourth-order valence-corrected chi connectivity index (χ4v) is 4.41. The lowest BCUT2D eigenvalue weighted by molar-refractivity contribution is -0.132. The van der Waals surface area contributed by atoms with Crippen LogP contribution in [0, 0.1) is 0 Å². The van der Waals surface area contributed by atoms with Gasteiger partial charge in [0.1, 0.15) is 23.0 Å². The molecule has 11 heteroatoms. The predicted molar refractivity (Wildman–Crippen MR) is 135 cm³/mol. The topological polar surface area (TPSA) is 162 Å². The summed E-state index contributed by atoms with van der Waals surface area (Å²) in [6, 6.07) is 13.5. The van der Waals surface area contributed by atoms with Gasteiger partial charge in [-0.3, -0.25) is 14.5 Å². The Labute approximate surface area is 215 Å². The van der Waals surface area contributed by atoms with Crippen molar-refractivity contribution in [1.29, 1.82) is 0 Å². The second-order valence-electron chi connectivity index (χ2n) is 8.42. The summed E-state index contributed by atoms with van der Waals surface area (Å²) in [4.78, 5) is 46.6. The van der Waals surface area contributed by atoms with E-state index in [1.807, 2.05) is 0 Å². The van der Waals surface area contributed by atoms with Gasteiger partial charge < -0.3 is 29.8 Å². The third kappa shape index (κ3) is 3.95. The number of rotatable bonds is 6. The minimum Gasteiger partial charge on any atom is -0.508 e. The quantitative estimate of drug-likeness (QED) is 0.171. The van der Waals surface area contributed by atoms with Gasteiger partial charge in [0, 0.05) is 0 Å². The lowest BCUT2D eigenvalue weighted by Gasteiger charge is -2.23. The maximum Gasteiger partial charge on any atom is 0.335 e. The number of hydrogen-bond donors (Lipinski definition) is 4. The van der Waals surface area contributed by atoms with Gasteiger partial charge >= 0.3 is 11.9 Å². The number of aromatic nitrogens is 2.